The van der Waals surface area contributed by atoms with Gasteiger partial charge in [0.25, 0.3) is 0 Å². The third-order valence-electron chi connectivity index (χ3n) is 2.18. The zero-order valence-electron chi connectivity index (χ0n) is 8.90. The quantitative estimate of drug-likeness (QED) is 0.636. The Morgan fingerprint density at radius 2 is 2.47 bits per heavy atom. The second-order valence-corrected chi connectivity index (χ2v) is 3.39. The van der Waals surface area contributed by atoms with Gasteiger partial charge >= 0.3 is 5.97 Å². The van der Waals surface area contributed by atoms with Crippen LogP contribution in [-0.2, 0) is 18.4 Å². The van der Waals surface area contributed by atoms with Crippen molar-refractivity contribution in [1.29, 1.82) is 0 Å². The number of nitrogens with two attached hydrogens (primary N) is 1. The van der Waals surface area contributed by atoms with E-state index in [2.05, 4.69) is 10.4 Å². The van der Waals surface area contributed by atoms with Crippen LogP contribution in [0.3, 0.4) is 0 Å². The van der Waals surface area contributed by atoms with Gasteiger partial charge in [-0.25, -0.2) is 0 Å². The lowest BCUT2D eigenvalue weighted by molar-refractivity contribution is -0.139. The summed E-state index contributed by atoms with van der Waals surface area (Å²) in [5, 5.41) is 15.7. The molecule has 0 fully saturated rings. The summed E-state index contributed by atoms with van der Waals surface area (Å²) in [5.74, 6) is -0.412. The van der Waals surface area contributed by atoms with Crippen molar-refractivity contribution >= 4 is 11.8 Å². The number of carboxylic acids is 1. The van der Waals surface area contributed by atoms with Gasteiger partial charge in [0.2, 0.25) is 0 Å². The Morgan fingerprint density at radius 3 is 2.87 bits per heavy atom. The van der Waals surface area contributed by atoms with E-state index in [1.807, 2.05) is 6.92 Å². The third-order valence-corrected chi connectivity index (χ3v) is 2.18. The number of carbonyl (C=O) groups is 1. The number of anilines is 1. The van der Waals surface area contributed by atoms with Crippen molar-refractivity contribution < 1.29 is 9.90 Å². The molecule has 6 heteroatoms. The fourth-order valence-corrected chi connectivity index (χ4v) is 1.33. The van der Waals surface area contributed by atoms with Crippen LogP contribution < -0.4 is 11.1 Å². The summed E-state index contributed by atoms with van der Waals surface area (Å²) in [6, 6.07) is -0.537. The molecule has 0 aliphatic rings. The Kier molecular flexibility index (Phi) is 3.68. The minimum atomic E-state index is -0.847. The molecule has 0 radical (unpaired) electrons. The molecule has 0 aromatic carbocycles. The first-order valence-corrected chi connectivity index (χ1v) is 4.78. The molecular weight excluding hydrogens is 196 g/mol. The van der Waals surface area contributed by atoms with E-state index in [0.717, 1.165) is 5.56 Å². The molecule has 1 aromatic rings. The largest absolute Gasteiger partial charge is 0.480 e. The summed E-state index contributed by atoms with van der Waals surface area (Å²) in [6.07, 6.45) is 2.31. The average molecular weight is 212 g/mol. The maximum atomic E-state index is 10.7. The van der Waals surface area contributed by atoms with Crippen LogP contribution in [0.25, 0.3) is 0 Å². The Hall–Kier alpha value is -1.56. The molecule has 0 aliphatic heterocycles. The van der Waals surface area contributed by atoms with E-state index in [0.29, 0.717) is 18.8 Å². The van der Waals surface area contributed by atoms with E-state index >= 15 is 0 Å². The minimum Gasteiger partial charge on any atom is -0.480 e. The fraction of sp³-hybridized carbons (Fsp3) is 0.556. The van der Waals surface area contributed by atoms with Gasteiger partial charge in [0.05, 0.1) is 0 Å². The molecule has 15 heavy (non-hydrogen) atoms. The minimum absolute atomic E-state index is 0.421. The Morgan fingerprint density at radius 1 is 1.80 bits per heavy atom. The monoisotopic (exact) mass is 212 g/mol. The van der Waals surface area contributed by atoms with Crippen molar-refractivity contribution in [3.05, 3.63) is 11.8 Å². The zero-order chi connectivity index (χ0) is 11.4. The summed E-state index contributed by atoms with van der Waals surface area (Å²) < 4.78 is 1.61. The highest BCUT2D eigenvalue weighted by Crippen LogP contribution is 2.07. The van der Waals surface area contributed by atoms with Crippen molar-refractivity contribution in [2.75, 3.05) is 5.73 Å². The molecule has 1 aromatic heterocycles. The van der Waals surface area contributed by atoms with Gasteiger partial charge in [0, 0.05) is 25.4 Å². The molecule has 0 spiro atoms. The van der Waals surface area contributed by atoms with Gasteiger partial charge in [-0.15, -0.1) is 0 Å². The molecule has 0 bridgehead atoms. The highest BCUT2D eigenvalue weighted by atomic mass is 16.4. The first kappa shape index (κ1) is 11.5. The van der Waals surface area contributed by atoms with Gasteiger partial charge in [-0.1, -0.05) is 6.92 Å². The predicted octanol–water partition coefficient (Wildman–Crippen LogP) is -0.0449. The SMILES string of the molecule is CCC(NCc1cn(C)nc1N)C(=O)O. The van der Waals surface area contributed by atoms with Crippen LogP contribution in [0.2, 0.25) is 0 Å². The van der Waals surface area contributed by atoms with Gasteiger partial charge in [-0.05, 0) is 6.42 Å². The zero-order valence-corrected chi connectivity index (χ0v) is 8.90. The number of hydrogen-bond donors (Lipinski definition) is 3. The van der Waals surface area contributed by atoms with Crippen LogP contribution >= 0.6 is 0 Å². The van der Waals surface area contributed by atoms with Gasteiger partial charge in [0.15, 0.2) is 0 Å². The summed E-state index contributed by atoms with van der Waals surface area (Å²) in [6.45, 7) is 2.24. The lowest BCUT2D eigenvalue weighted by atomic mass is 10.2. The van der Waals surface area contributed by atoms with Gasteiger partial charge in [-0.3, -0.25) is 9.48 Å². The van der Waals surface area contributed by atoms with Crippen molar-refractivity contribution in [3.8, 4) is 0 Å². The standard InChI is InChI=1S/C9H16N4O2/c1-3-7(9(14)15)11-4-6-5-13(2)12-8(6)10/h5,7,11H,3-4H2,1-2H3,(H2,10,12)(H,14,15). The Balaban J connectivity index is 2.56. The maximum Gasteiger partial charge on any atom is 0.320 e. The predicted molar refractivity (Wildman–Crippen MR) is 56.2 cm³/mol. The second-order valence-electron chi connectivity index (χ2n) is 3.39. The second kappa shape index (κ2) is 4.79. The van der Waals surface area contributed by atoms with Gasteiger partial charge < -0.3 is 16.2 Å². The fourth-order valence-electron chi connectivity index (χ4n) is 1.33. The van der Waals surface area contributed by atoms with Crippen molar-refractivity contribution in [2.24, 2.45) is 7.05 Å². The number of aromatic nitrogens is 2. The molecule has 84 valence electrons. The normalized spacial score (nSPS) is 12.7. The van der Waals surface area contributed by atoms with Crippen LogP contribution in [0.1, 0.15) is 18.9 Å². The number of carboxylic acid groups (broad SMARTS) is 1. The number of nitrogens with zero attached hydrogens (tertiary/aromatic N) is 2. The Bertz CT molecular complexity index is 348. The van der Waals surface area contributed by atoms with E-state index in [9.17, 15) is 4.79 Å². The molecule has 1 atom stereocenters. The van der Waals surface area contributed by atoms with E-state index in [4.69, 9.17) is 10.8 Å². The van der Waals surface area contributed by atoms with Crippen molar-refractivity contribution in [1.82, 2.24) is 15.1 Å². The molecule has 1 heterocycles. The highest BCUT2D eigenvalue weighted by Gasteiger charge is 2.14. The maximum absolute atomic E-state index is 10.7. The molecule has 0 saturated heterocycles. The topological polar surface area (TPSA) is 93.2 Å². The molecule has 1 rings (SSSR count). The number of nitrogen functional groups attached to an aromatic ring is 1. The number of aliphatic carboxylic acids is 1. The van der Waals surface area contributed by atoms with Gasteiger partial charge in [0.1, 0.15) is 11.9 Å². The number of aryl methyl sites for hydroxylation is 1. The number of hydrogen-bond acceptors (Lipinski definition) is 4. The molecule has 1 unspecified atom stereocenters. The van der Waals surface area contributed by atoms with E-state index in [1.165, 1.54) is 0 Å². The Labute approximate surface area is 88.1 Å². The van der Waals surface area contributed by atoms with Crippen LogP contribution in [0, 0.1) is 0 Å². The lowest BCUT2D eigenvalue weighted by Crippen LogP contribution is -2.35. The molecular formula is C9H16N4O2. The first-order chi connectivity index (χ1) is 7.04. The third kappa shape index (κ3) is 2.95. The average Bonchev–Trinajstić information content (AvgIpc) is 2.45. The van der Waals surface area contributed by atoms with Crippen LogP contribution in [0.15, 0.2) is 6.20 Å². The van der Waals surface area contributed by atoms with Crippen LogP contribution in [0.4, 0.5) is 5.82 Å². The summed E-state index contributed by atoms with van der Waals surface area (Å²) >= 11 is 0. The highest BCUT2D eigenvalue weighted by molar-refractivity contribution is 5.73. The molecule has 0 aliphatic carbocycles. The van der Waals surface area contributed by atoms with Crippen LogP contribution in [-0.4, -0.2) is 26.9 Å². The van der Waals surface area contributed by atoms with Crippen molar-refractivity contribution in [3.63, 3.8) is 0 Å². The number of nitrogens with one attached hydrogen (secondary N) is 1. The van der Waals surface area contributed by atoms with E-state index in [-0.39, 0.29) is 0 Å². The molecule has 6 nitrogen and oxygen atoms in total. The van der Waals surface area contributed by atoms with Gasteiger partial charge in [-0.2, -0.15) is 5.10 Å². The first-order valence-electron chi connectivity index (χ1n) is 4.78. The summed E-state index contributed by atoms with van der Waals surface area (Å²) in [7, 11) is 1.77. The summed E-state index contributed by atoms with van der Waals surface area (Å²) in [4.78, 5) is 10.7. The summed E-state index contributed by atoms with van der Waals surface area (Å²) in [5.41, 5.74) is 6.44. The molecule has 4 N–H and O–H groups in total. The molecule has 0 amide bonds. The van der Waals surface area contributed by atoms with E-state index in [1.54, 1.807) is 17.9 Å². The molecule has 0 saturated carbocycles. The van der Waals surface area contributed by atoms with E-state index < -0.39 is 12.0 Å². The van der Waals surface area contributed by atoms with Crippen molar-refractivity contribution in [2.45, 2.75) is 25.9 Å². The van der Waals surface area contributed by atoms with Crippen LogP contribution in [0.5, 0.6) is 0 Å². The number of rotatable bonds is 5. The smallest absolute Gasteiger partial charge is 0.320 e. The lowest BCUT2D eigenvalue weighted by Gasteiger charge is -2.10.